The molecule has 25 heavy (non-hydrogen) atoms. The Bertz CT molecular complexity index is 704. The Morgan fingerprint density at radius 1 is 1.28 bits per heavy atom. The van der Waals surface area contributed by atoms with Crippen molar-refractivity contribution in [2.75, 3.05) is 6.61 Å². The molecule has 3 atom stereocenters. The average molecular weight is 346 g/mol. The Morgan fingerprint density at radius 2 is 1.92 bits per heavy atom. The van der Waals surface area contributed by atoms with Crippen molar-refractivity contribution in [2.45, 2.75) is 47.1 Å². The van der Waals surface area contributed by atoms with E-state index < -0.39 is 35.3 Å². The van der Waals surface area contributed by atoms with E-state index in [0.717, 1.165) is 11.1 Å². The second kappa shape index (κ2) is 6.98. The molecule has 0 amide bonds. The van der Waals surface area contributed by atoms with E-state index in [2.05, 4.69) is 0 Å². The molecule has 0 bridgehead atoms. The van der Waals surface area contributed by atoms with E-state index in [1.807, 2.05) is 26.0 Å². The lowest BCUT2D eigenvalue weighted by atomic mass is 9.72. The molecule has 2 rings (SSSR count). The molecule has 0 aliphatic carbocycles. The number of hydrogen-bond donors (Lipinski definition) is 0. The SMILES string of the molecule is CCOC(=O)[C@H]1C(=O)OC(C)(C)[C@H]1[C@@H](C)C(=O)c1ccc(C)cc1C. The number of Topliss-reactive ketones (excluding diaryl/α,β-unsaturated/α-hetero) is 1. The standard InChI is InChI=1S/C20H26O5/c1-7-24-18(22)15-16(20(5,6)25-19(15)23)13(4)17(21)14-9-8-11(2)10-12(14)3/h8-10,13,15-16H,7H2,1-6H3/t13-,15+,16+/m1/s1. The van der Waals surface area contributed by atoms with Crippen LogP contribution in [0.15, 0.2) is 18.2 Å². The van der Waals surface area contributed by atoms with E-state index in [1.165, 1.54) is 0 Å². The largest absolute Gasteiger partial charge is 0.465 e. The molecule has 1 heterocycles. The number of carbonyl (C=O) groups excluding carboxylic acids is 3. The monoisotopic (exact) mass is 346 g/mol. The highest BCUT2D eigenvalue weighted by atomic mass is 16.6. The van der Waals surface area contributed by atoms with E-state index in [9.17, 15) is 14.4 Å². The van der Waals surface area contributed by atoms with Crippen LogP contribution in [0.2, 0.25) is 0 Å². The summed E-state index contributed by atoms with van der Waals surface area (Å²) in [6.45, 7) is 10.9. The smallest absolute Gasteiger partial charge is 0.321 e. The molecule has 1 aliphatic rings. The zero-order valence-electron chi connectivity index (χ0n) is 15.7. The lowest BCUT2D eigenvalue weighted by molar-refractivity contribution is -0.157. The predicted octanol–water partition coefficient (Wildman–Crippen LogP) is 3.25. The van der Waals surface area contributed by atoms with Crippen molar-refractivity contribution in [2.24, 2.45) is 17.8 Å². The number of aryl methyl sites for hydroxylation is 2. The zero-order chi connectivity index (χ0) is 18.9. The van der Waals surface area contributed by atoms with Crippen molar-refractivity contribution < 1.29 is 23.9 Å². The molecule has 5 heteroatoms. The summed E-state index contributed by atoms with van der Waals surface area (Å²) in [6.07, 6.45) is 0. The van der Waals surface area contributed by atoms with Crippen molar-refractivity contribution in [3.05, 3.63) is 34.9 Å². The molecule has 0 radical (unpaired) electrons. The minimum absolute atomic E-state index is 0.0943. The van der Waals surface area contributed by atoms with E-state index >= 15 is 0 Å². The predicted molar refractivity (Wildman–Crippen MR) is 93.2 cm³/mol. The molecule has 0 unspecified atom stereocenters. The van der Waals surface area contributed by atoms with Gasteiger partial charge in [-0.15, -0.1) is 0 Å². The van der Waals surface area contributed by atoms with Gasteiger partial charge in [0.1, 0.15) is 5.60 Å². The Labute approximate surface area is 148 Å². The van der Waals surface area contributed by atoms with E-state index in [1.54, 1.807) is 33.8 Å². The third kappa shape index (κ3) is 3.60. The number of rotatable bonds is 5. The Hall–Kier alpha value is -2.17. The van der Waals surface area contributed by atoms with Gasteiger partial charge in [0.25, 0.3) is 0 Å². The van der Waals surface area contributed by atoms with Crippen LogP contribution in [0.1, 0.15) is 49.2 Å². The fourth-order valence-electron chi connectivity index (χ4n) is 3.80. The topological polar surface area (TPSA) is 69.7 Å². The Kier molecular flexibility index (Phi) is 5.35. The Balaban J connectivity index is 2.39. The minimum Gasteiger partial charge on any atom is -0.465 e. The molecule has 1 fully saturated rings. The van der Waals surface area contributed by atoms with Gasteiger partial charge in [-0.25, -0.2) is 0 Å². The average Bonchev–Trinajstić information content (AvgIpc) is 2.75. The summed E-state index contributed by atoms with van der Waals surface area (Å²) in [4.78, 5) is 37.6. The number of benzene rings is 1. The number of ether oxygens (including phenoxy) is 2. The van der Waals surface area contributed by atoms with Crippen LogP contribution in [-0.4, -0.2) is 29.9 Å². The zero-order valence-corrected chi connectivity index (χ0v) is 15.7. The van der Waals surface area contributed by atoms with Crippen LogP contribution in [0.4, 0.5) is 0 Å². The molecule has 0 spiro atoms. The second-order valence-corrected chi connectivity index (χ2v) is 7.25. The molecule has 1 saturated heterocycles. The molecule has 136 valence electrons. The fraction of sp³-hybridized carbons (Fsp3) is 0.550. The van der Waals surface area contributed by atoms with Gasteiger partial charge in [-0.2, -0.15) is 0 Å². The summed E-state index contributed by atoms with van der Waals surface area (Å²) in [5.74, 6) is -3.54. The highest BCUT2D eigenvalue weighted by Crippen LogP contribution is 2.43. The summed E-state index contributed by atoms with van der Waals surface area (Å²) in [6, 6.07) is 5.63. The van der Waals surface area contributed by atoms with Crippen molar-refractivity contribution >= 4 is 17.7 Å². The third-order valence-corrected chi connectivity index (χ3v) is 4.92. The van der Waals surface area contributed by atoms with Crippen molar-refractivity contribution in [3.63, 3.8) is 0 Å². The molecule has 0 aromatic heterocycles. The Morgan fingerprint density at radius 3 is 2.48 bits per heavy atom. The first-order valence-electron chi connectivity index (χ1n) is 8.61. The van der Waals surface area contributed by atoms with Crippen LogP contribution < -0.4 is 0 Å². The lowest BCUT2D eigenvalue weighted by Crippen LogP contribution is -2.41. The van der Waals surface area contributed by atoms with Gasteiger partial charge >= 0.3 is 11.9 Å². The van der Waals surface area contributed by atoms with Gasteiger partial charge in [0.05, 0.1) is 6.61 Å². The fourth-order valence-corrected chi connectivity index (χ4v) is 3.80. The maximum Gasteiger partial charge on any atom is 0.321 e. The number of esters is 2. The molecule has 0 saturated carbocycles. The number of cyclic esters (lactones) is 1. The van der Waals surface area contributed by atoms with E-state index in [-0.39, 0.29) is 12.4 Å². The first kappa shape index (κ1) is 19.2. The number of ketones is 1. The van der Waals surface area contributed by atoms with Crippen molar-refractivity contribution in [3.8, 4) is 0 Å². The molecule has 1 aromatic carbocycles. The summed E-state index contributed by atoms with van der Waals surface area (Å²) in [5, 5.41) is 0. The van der Waals surface area contributed by atoms with Crippen molar-refractivity contribution in [1.29, 1.82) is 0 Å². The van der Waals surface area contributed by atoms with E-state index in [4.69, 9.17) is 9.47 Å². The number of hydrogen-bond acceptors (Lipinski definition) is 5. The minimum atomic E-state index is -1.07. The normalized spacial score (nSPS) is 23.0. The van der Waals surface area contributed by atoms with Crippen LogP contribution in [-0.2, 0) is 19.1 Å². The summed E-state index contributed by atoms with van der Waals surface area (Å²) in [7, 11) is 0. The van der Waals surface area contributed by atoms with Gasteiger partial charge in [-0.05, 0) is 40.2 Å². The summed E-state index contributed by atoms with van der Waals surface area (Å²) >= 11 is 0. The second-order valence-electron chi connectivity index (χ2n) is 7.25. The number of carbonyl (C=O) groups is 3. The highest BCUT2D eigenvalue weighted by Gasteiger charge is 2.57. The quantitative estimate of drug-likeness (QED) is 0.465. The van der Waals surface area contributed by atoms with Gasteiger partial charge < -0.3 is 9.47 Å². The van der Waals surface area contributed by atoms with Gasteiger partial charge in [-0.3, -0.25) is 14.4 Å². The molecule has 1 aromatic rings. The van der Waals surface area contributed by atoms with E-state index in [0.29, 0.717) is 5.56 Å². The molecule has 5 nitrogen and oxygen atoms in total. The summed E-state index contributed by atoms with van der Waals surface area (Å²) in [5.41, 5.74) is 1.65. The van der Waals surface area contributed by atoms with Gasteiger partial charge in [0.15, 0.2) is 11.7 Å². The van der Waals surface area contributed by atoms with Crippen LogP contribution in [0.3, 0.4) is 0 Å². The van der Waals surface area contributed by atoms with Crippen LogP contribution in [0.25, 0.3) is 0 Å². The lowest BCUT2D eigenvalue weighted by Gasteiger charge is -2.31. The van der Waals surface area contributed by atoms with Gasteiger partial charge in [-0.1, -0.05) is 30.7 Å². The molecular formula is C20H26O5. The van der Waals surface area contributed by atoms with Crippen LogP contribution in [0.5, 0.6) is 0 Å². The van der Waals surface area contributed by atoms with Gasteiger partial charge in [0.2, 0.25) is 0 Å². The third-order valence-electron chi connectivity index (χ3n) is 4.92. The molecule has 1 aliphatic heterocycles. The molecular weight excluding hydrogens is 320 g/mol. The van der Waals surface area contributed by atoms with Crippen molar-refractivity contribution in [1.82, 2.24) is 0 Å². The first-order chi connectivity index (χ1) is 11.6. The first-order valence-corrected chi connectivity index (χ1v) is 8.61. The van der Waals surface area contributed by atoms with Crippen LogP contribution >= 0.6 is 0 Å². The molecule has 0 N–H and O–H groups in total. The van der Waals surface area contributed by atoms with Crippen LogP contribution in [0, 0.1) is 31.6 Å². The maximum atomic E-state index is 13.1. The summed E-state index contributed by atoms with van der Waals surface area (Å²) < 4.78 is 10.4. The highest BCUT2D eigenvalue weighted by molar-refractivity contribution is 6.02. The van der Waals surface area contributed by atoms with Gasteiger partial charge in [0, 0.05) is 17.4 Å². The maximum absolute atomic E-state index is 13.1.